The van der Waals surface area contributed by atoms with E-state index in [1.807, 2.05) is 72.3 Å². The van der Waals surface area contributed by atoms with Crippen LogP contribution in [0.25, 0.3) is 0 Å². The number of nitrogens with two attached hydrogens (primary N) is 1. The van der Waals surface area contributed by atoms with Gasteiger partial charge in [0.15, 0.2) is 11.4 Å². The van der Waals surface area contributed by atoms with Crippen LogP contribution in [0.1, 0.15) is 61.2 Å². The molecule has 0 unspecified atom stereocenters. The summed E-state index contributed by atoms with van der Waals surface area (Å²) in [4.78, 5) is 25.0. The molecule has 0 saturated carbocycles. The van der Waals surface area contributed by atoms with Crippen LogP contribution < -0.4 is 16.4 Å². The smallest absolute Gasteiger partial charge is 0.224 e. The first-order valence-electron chi connectivity index (χ1n) is 14.9. The Morgan fingerprint density at radius 2 is 1.73 bits per heavy atom. The van der Waals surface area contributed by atoms with Crippen LogP contribution in [0.15, 0.2) is 84.3 Å². The zero-order valence-corrected chi connectivity index (χ0v) is 25.9. The molecule has 5 rings (SSSR count). The molecule has 0 spiro atoms. The summed E-state index contributed by atoms with van der Waals surface area (Å²) in [5, 5.41) is 24.2. The number of rotatable bonds is 13. The van der Waals surface area contributed by atoms with Crippen LogP contribution in [-0.4, -0.2) is 43.5 Å². The molecule has 2 heterocycles. The quantitative estimate of drug-likeness (QED) is 0.0868. The molecule has 236 valence electrons. The molecule has 1 aliphatic heterocycles. The molecule has 4 aromatic rings. The number of benzene rings is 3. The van der Waals surface area contributed by atoms with Crippen molar-refractivity contribution in [3.05, 3.63) is 95.8 Å². The number of amides is 2. The van der Waals surface area contributed by atoms with Crippen molar-refractivity contribution in [3.63, 3.8) is 0 Å². The van der Waals surface area contributed by atoms with E-state index in [0.29, 0.717) is 48.5 Å². The maximum atomic E-state index is 12.7. The van der Waals surface area contributed by atoms with Gasteiger partial charge in [-0.15, -0.1) is 10.2 Å². The predicted molar refractivity (Wildman–Crippen MR) is 173 cm³/mol. The van der Waals surface area contributed by atoms with Crippen molar-refractivity contribution in [1.29, 1.82) is 0 Å². The predicted octanol–water partition coefficient (Wildman–Crippen LogP) is 5.36. The number of aliphatic hydroxyl groups excluding tert-OH is 1. The fourth-order valence-corrected chi connectivity index (χ4v) is 5.88. The second kappa shape index (κ2) is 15.7. The lowest BCUT2D eigenvalue weighted by molar-refractivity contribution is -0.245. The number of ether oxygens (including phenoxy) is 2. The van der Waals surface area contributed by atoms with Gasteiger partial charge < -0.3 is 35.5 Å². The number of anilines is 3. The SMILES string of the molecule is Cn1cnnc1SC[C@H]1C[C@@H](c2ccc(CO)cc2)O[C@@H](c2cccc(NC(=O)CCCCC(=O)Nc3ccccc3N)c2)O1. The first-order valence-corrected chi connectivity index (χ1v) is 15.9. The Morgan fingerprint density at radius 1 is 0.978 bits per heavy atom. The number of para-hydroxylation sites is 2. The second-order valence-electron chi connectivity index (χ2n) is 10.9. The molecule has 1 fully saturated rings. The highest BCUT2D eigenvalue weighted by molar-refractivity contribution is 7.99. The van der Waals surface area contributed by atoms with Crippen molar-refractivity contribution >= 4 is 40.6 Å². The summed E-state index contributed by atoms with van der Waals surface area (Å²) in [6.45, 7) is -0.0217. The Balaban J connectivity index is 1.17. The number of hydrogen-bond donors (Lipinski definition) is 4. The summed E-state index contributed by atoms with van der Waals surface area (Å²) in [7, 11) is 1.90. The summed E-state index contributed by atoms with van der Waals surface area (Å²) in [6, 6.07) is 22.3. The molecule has 3 aromatic carbocycles. The molecule has 11 nitrogen and oxygen atoms in total. The number of thioether (sulfide) groups is 1. The highest BCUT2D eigenvalue weighted by Gasteiger charge is 2.32. The van der Waals surface area contributed by atoms with Gasteiger partial charge in [0.25, 0.3) is 0 Å². The number of carbonyl (C=O) groups excluding carboxylic acids is 2. The minimum atomic E-state index is -0.652. The van der Waals surface area contributed by atoms with Crippen molar-refractivity contribution in [3.8, 4) is 0 Å². The van der Waals surface area contributed by atoms with Crippen LogP contribution in [0.4, 0.5) is 17.1 Å². The van der Waals surface area contributed by atoms with Gasteiger partial charge in [-0.3, -0.25) is 9.59 Å². The van der Waals surface area contributed by atoms with Crippen molar-refractivity contribution < 1.29 is 24.2 Å². The van der Waals surface area contributed by atoms with Gasteiger partial charge >= 0.3 is 0 Å². The van der Waals surface area contributed by atoms with E-state index in [2.05, 4.69) is 20.8 Å². The summed E-state index contributed by atoms with van der Waals surface area (Å²) < 4.78 is 14.7. The maximum absolute atomic E-state index is 12.7. The number of hydrogen-bond acceptors (Lipinski definition) is 9. The second-order valence-corrected chi connectivity index (χ2v) is 11.9. The normalized spacial score (nSPS) is 18.0. The topological polar surface area (TPSA) is 154 Å². The Kier molecular flexibility index (Phi) is 11.2. The van der Waals surface area contributed by atoms with Crippen LogP contribution in [0.5, 0.6) is 0 Å². The molecule has 1 aliphatic rings. The molecule has 0 radical (unpaired) electrons. The zero-order valence-electron chi connectivity index (χ0n) is 25.1. The lowest BCUT2D eigenvalue weighted by Crippen LogP contribution is -2.31. The Labute approximate surface area is 266 Å². The van der Waals surface area contributed by atoms with E-state index in [9.17, 15) is 14.7 Å². The number of nitrogens with one attached hydrogen (secondary N) is 2. The molecule has 2 amide bonds. The van der Waals surface area contributed by atoms with Crippen molar-refractivity contribution in [2.24, 2.45) is 7.05 Å². The number of unbranched alkanes of at least 4 members (excludes halogenated alkanes) is 1. The van der Waals surface area contributed by atoms with E-state index < -0.39 is 6.29 Å². The third kappa shape index (κ3) is 9.14. The largest absolute Gasteiger partial charge is 0.397 e. The highest BCUT2D eigenvalue weighted by Crippen LogP contribution is 2.39. The maximum Gasteiger partial charge on any atom is 0.224 e. The molecule has 0 aliphatic carbocycles. The van der Waals surface area contributed by atoms with E-state index in [1.165, 1.54) is 0 Å². The standard InChI is InChI=1S/C33H38N6O5S/c1-39-21-35-38-33(39)45-20-26-18-29(23-15-13-22(19-40)14-16-23)44-32(43-26)24-7-6-8-25(17-24)36-30(41)11-4-5-12-31(42)37-28-10-3-2-9-27(28)34/h2-3,6-10,13-17,21,26,29,32,40H,4-5,11-12,18-20,34H2,1H3,(H,36,41)(H,37,42)/t26-,29+,32+/m1/s1. The minimum absolute atomic E-state index is 0.0217. The van der Waals surface area contributed by atoms with Gasteiger partial charge in [-0.2, -0.15) is 0 Å². The van der Waals surface area contributed by atoms with Gasteiger partial charge in [0.2, 0.25) is 11.8 Å². The fourth-order valence-electron chi connectivity index (χ4n) is 4.97. The van der Waals surface area contributed by atoms with Gasteiger partial charge in [-0.25, -0.2) is 0 Å². The van der Waals surface area contributed by atoms with E-state index in [4.69, 9.17) is 15.2 Å². The average Bonchev–Trinajstić information content (AvgIpc) is 3.47. The third-order valence-electron chi connectivity index (χ3n) is 7.42. The van der Waals surface area contributed by atoms with Gasteiger partial charge in [-0.1, -0.05) is 60.3 Å². The summed E-state index contributed by atoms with van der Waals surface area (Å²) in [6.07, 6.45) is 3.03. The van der Waals surface area contributed by atoms with Crippen LogP contribution in [0.2, 0.25) is 0 Å². The monoisotopic (exact) mass is 630 g/mol. The lowest BCUT2D eigenvalue weighted by atomic mass is 10.0. The zero-order chi connectivity index (χ0) is 31.6. The number of aromatic nitrogens is 3. The van der Waals surface area contributed by atoms with Crippen molar-refractivity contribution in [2.45, 2.75) is 62.4 Å². The van der Waals surface area contributed by atoms with Gasteiger partial charge in [0.05, 0.1) is 30.2 Å². The van der Waals surface area contributed by atoms with Crippen LogP contribution in [-0.2, 0) is 32.7 Å². The van der Waals surface area contributed by atoms with Gasteiger partial charge in [0.1, 0.15) is 6.33 Å². The van der Waals surface area contributed by atoms with Crippen molar-refractivity contribution in [2.75, 3.05) is 22.1 Å². The molecule has 12 heteroatoms. The summed E-state index contributed by atoms with van der Waals surface area (Å²) in [5.41, 5.74) is 10.2. The van der Waals surface area contributed by atoms with Gasteiger partial charge in [0, 0.05) is 43.3 Å². The molecule has 1 aromatic heterocycles. The molecular weight excluding hydrogens is 592 g/mol. The van der Waals surface area contributed by atoms with E-state index in [0.717, 1.165) is 21.8 Å². The number of nitrogens with zero attached hydrogens (tertiary/aromatic N) is 3. The first-order chi connectivity index (χ1) is 21.9. The summed E-state index contributed by atoms with van der Waals surface area (Å²) >= 11 is 1.57. The molecule has 0 bridgehead atoms. The molecule has 1 saturated heterocycles. The molecule has 5 N–H and O–H groups in total. The van der Waals surface area contributed by atoms with Crippen molar-refractivity contribution in [1.82, 2.24) is 14.8 Å². The summed E-state index contributed by atoms with van der Waals surface area (Å²) in [5.74, 6) is 0.389. The average molecular weight is 631 g/mol. The Morgan fingerprint density at radius 3 is 2.44 bits per heavy atom. The number of carbonyl (C=O) groups is 2. The van der Waals surface area contributed by atoms with E-state index >= 15 is 0 Å². The first kappa shape index (κ1) is 32.2. The Hall–Kier alpha value is -4.23. The number of aryl methyl sites for hydroxylation is 1. The number of aliphatic hydroxyl groups is 1. The lowest BCUT2D eigenvalue weighted by Gasteiger charge is -2.36. The van der Waals surface area contributed by atoms with Crippen LogP contribution in [0.3, 0.4) is 0 Å². The van der Waals surface area contributed by atoms with Crippen LogP contribution >= 0.6 is 11.8 Å². The highest BCUT2D eigenvalue weighted by atomic mass is 32.2. The fraction of sp³-hybridized carbons (Fsp3) is 0.333. The number of nitrogen functional groups attached to an aromatic ring is 1. The molecule has 45 heavy (non-hydrogen) atoms. The molecular formula is C33H38N6O5S. The van der Waals surface area contributed by atoms with E-state index in [1.54, 1.807) is 30.2 Å². The van der Waals surface area contributed by atoms with Crippen LogP contribution in [0, 0.1) is 0 Å². The van der Waals surface area contributed by atoms with Gasteiger partial charge in [-0.05, 0) is 48.2 Å². The molecule has 3 atom stereocenters. The Bertz CT molecular complexity index is 1580. The van der Waals surface area contributed by atoms with E-state index in [-0.39, 0.29) is 37.0 Å². The minimum Gasteiger partial charge on any atom is -0.397 e. The third-order valence-corrected chi connectivity index (χ3v) is 8.58.